The van der Waals surface area contributed by atoms with Crippen LogP contribution in [-0.4, -0.2) is 28.5 Å². The number of rotatable bonds is 7. The number of carbonyl (C=O) groups is 3. The molecule has 0 atom stereocenters. The van der Waals surface area contributed by atoms with E-state index >= 15 is 0 Å². The van der Waals surface area contributed by atoms with Gasteiger partial charge in [0.1, 0.15) is 24.7 Å². The lowest BCUT2D eigenvalue weighted by atomic mass is 10.2. The second-order valence-corrected chi connectivity index (χ2v) is 9.14. The summed E-state index contributed by atoms with van der Waals surface area (Å²) in [5.74, 6) is -0.954. The number of thioether (sulfide) groups is 1. The summed E-state index contributed by atoms with van der Waals surface area (Å²) in [6.07, 6.45) is 1.57. The maximum atomic E-state index is 13.9. The number of nitrogens with zero attached hydrogens (tertiary/aromatic N) is 1. The molecule has 178 valence electrons. The Kier molecular flexibility index (Phi) is 7.53. The lowest BCUT2D eigenvalue weighted by molar-refractivity contribution is -0.127. The summed E-state index contributed by atoms with van der Waals surface area (Å²) < 4.78 is 19.5. The third kappa shape index (κ3) is 6.09. The van der Waals surface area contributed by atoms with E-state index in [0.29, 0.717) is 17.0 Å². The predicted molar refractivity (Wildman–Crippen MR) is 135 cm³/mol. The standard InChI is InChI=1S/C26H20ClFN2O4S/c1-16-4-2-5-18(12-16)29-24(31)14-30-25(32)23(35-26(30)33)13-17-8-10-19(11-9-17)34-15-20-21(27)6-3-7-22(20)28/h2-13H,14-15H2,1H3,(H,29,31)/b23-13-. The Morgan fingerprint density at radius 2 is 1.86 bits per heavy atom. The number of nitrogens with one attached hydrogen (secondary N) is 1. The first-order chi connectivity index (χ1) is 16.8. The molecule has 4 rings (SSSR count). The molecule has 0 aliphatic carbocycles. The average molecular weight is 511 g/mol. The van der Waals surface area contributed by atoms with Crippen LogP contribution in [0.1, 0.15) is 16.7 Å². The van der Waals surface area contributed by atoms with Gasteiger partial charge < -0.3 is 10.1 Å². The van der Waals surface area contributed by atoms with E-state index in [1.54, 1.807) is 54.6 Å². The van der Waals surface area contributed by atoms with Crippen LogP contribution in [0.3, 0.4) is 0 Å². The van der Waals surface area contributed by atoms with E-state index in [-0.39, 0.29) is 28.6 Å². The number of imide groups is 1. The van der Waals surface area contributed by atoms with E-state index in [1.807, 2.05) is 13.0 Å². The van der Waals surface area contributed by atoms with Crippen LogP contribution < -0.4 is 10.1 Å². The van der Waals surface area contributed by atoms with E-state index < -0.39 is 22.9 Å². The zero-order chi connectivity index (χ0) is 24.9. The Balaban J connectivity index is 1.37. The van der Waals surface area contributed by atoms with E-state index in [1.165, 1.54) is 12.1 Å². The lowest BCUT2D eigenvalue weighted by Crippen LogP contribution is -2.36. The molecule has 1 aliphatic heterocycles. The van der Waals surface area contributed by atoms with Gasteiger partial charge in [-0.15, -0.1) is 0 Å². The first-order valence-corrected chi connectivity index (χ1v) is 11.8. The molecule has 0 unspecified atom stereocenters. The number of carbonyl (C=O) groups excluding carboxylic acids is 3. The van der Waals surface area contributed by atoms with E-state index in [4.69, 9.17) is 16.3 Å². The molecule has 3 amide bonds. The quantitative estimate of drug-likeness (QED) is 0.392. The zero-order valence-electron chi connectivity index (χ0n) is 18.6. The van der Waals surface area contributed by atoms with Crippen LogP contribution in [0, 0.1) is 12.7 Å². The van der Waals surface area contributed by atoms with Gasteiger partial charge in [-0.05, 0) is 72.3 Å². The second-order valence-electron chi connectivity index (χ2n) is 7.74. The van der Waals surface area contributed by atoms with Crippen molar-refractivity contribution in [2.45, 2.75) is 13.5 Å². The van der Waals surface area contributed by atoms with Crippen molar-refractivity contribution in [3.63, 3.8) is 0 Å². The van der Waals surface area contributed by atoms with Gasteiger partial charge in [0.15, 0.2) is 0 Å². The van der Waals surface area contributed by atoms with Gasteiger partial charge in [-0.25, -0.2) is 4.39 Å². The summed E-state index contributed by atoms with van der Waals surface area (Å²) in [5.41, 5.74) is 2.50. The molecule has 0 aromatic heterocycles. The van der Waals surface area contributed by atoms with Crippen LogP contribution in [0.15, 0.2) is 71.6 Å². The molecule has 1 saturated heterocycles. The van der Waals surface area contributed by atoms with Crippen LogP contribution in [0.25, 0.3) is 6.08 Å². The molecule has 0 saturated carbocycles. The van der Waals surface area contributed by atoms with Gasteiger partial charge in [-0.2, -0.15) is 0 Å². The van der Waals surface area contributed by atoms with Crippen molar-refractivity contribution in [3.8, 4) is 5.75 Å². The molecule has 0 spiro atoms. The first kappa shape index (κ1) is 24.5. The summed E-state index contributed by atoms with van der Waals surface area (Å²) >= 11 is 6.79. The highest BCUT2D eigenvalue weighted by Crippen LogP contribution is 2.32. The Labute approximate surface area is 210 Å². The molecule has 3 aromatic rings. The van der Waals surface area contributed by atoms with Crippen molar-refractivity contribution >= 4 is 52.2 Å². The number of hydrogen-bond donors (Lipinski definition) is 1. The highest BCUT2D eigenvalue weighted by atomic mass is 35.5. The number of anilines is 1. The minimum atomic E-state index is -0.533. The number of hydrogen-bond acceptors (Lipinski definition) is 5. The van der Waals surface area contributed by atoms with Crippen LogP contribution in [0.2, 0.25) is 5.02 Å². The SMILES string of the molecule is Cc1cccc(NC(=O)CN2C(=O)S/C(=C\c3ccc(OCc4c(F)cccc4Cl)cc3)C2=O)c1. The van der Waals surface area contributed by atoms with Crippen molar-refractivity contribution in [3.05, 3.63) is 99.2 Å². The summed E-state index contributed by atoms with van der Waals surface area (Å²) in [6, 6.07) is 18.4. The monoisotopic (exact) mass is 510 g/mol. The van der Waals surface area contributed by atoms with E-state index in [2.05, 4.69) is 5.32 Å². The Hall–Kier alpha value is -3.62. The van der Waals surface area contributed by atoms with Crippen molar-refractivity contribution < 1.29 is 23.5 Å². The normalized spacial score (nSPS) is 14.5. The van der Waals surface area contributed by atoms with Gasteiger partial charge in [0.2, 0.25) is 5.91 Å². The zero-order valence-corrected chi connectivity index (χ0v) is 20.2. The first-order valence-electron chi connectivity index (χ1n) is 10.6. The molecule has 1 N–H and O–H groups in total. The maximum Gasteiger partial charge on any atom is 0.294 e. The van der Waals surface area contributed by atoms with E-state index in [0.717, 1.165) is 22.2 Å². The minimum Gasteiger partial charge on any atom is -0.489 e. The summed E-state index contributed by atoms with van der Waals surface area (Å²) in [7, 11) is 0. The Morgan fingerprint density at radius 1 is 1.11 bits per heavy atom. The third-order valence-electron chi connectivity index (χ3n) is 5.10. The molecule has 35 heavy (non-hydrogen) atoms. The number of aryl methyl sites for hydroxylation is 1. The second kappa shape index (κ2) is 10.8. The third-order valence-corrected chi connectivity index (χ3v) is 6.36. The number of ether oxygens (including phenoxy) is 1. The maximum absolute atomic E-state index is 13.9. The summed E-state index contributed by atoms with van der Waals surface area (Å²) in [4.78, 5) is 38.5. The minimum absolute atomic E-state index is 0.0334. The van der Waals surface area contributed by atoms with Crippen LogP contribution in [0.5, 0.6) is 5.75 Å². The average Bonchev–Trinajstić information content (AvgIpc) is 3.07. The van der Waals surface area contributed by atoms with Crippen molar-refractivity contribution in [2.24, 2.45) is 0 Å². The molecule has 9 heteroatoms. The smallest absolute Gasteiger partial charge is 0.294 e. The Bertz CT molecular complexity index is 1310. The molecule has 3 aromatic carbocycles. The summed E-state index contributed by atoms with van der Waals surface area (Å²) in [6.45, 7) is 1.49. The number of amides is 3. The van der Waals surface area contributed by atoms with Gasteiger partial charge in [-0.1, -0.05) is 41.9 Å². The molecular weight excluding hydrogens is 491 g/mol. The van der Waals surface area contributed by atoms with Crippen LogP contribution in [0.4, 0.5) is 14.9 Å². The fraction of sp³-hybridized carbons (Fsp3) is 0.115. The fourth-order valence-corrected chi connectivity index (χ4v) is 4.40. The Morgan fingerprint density at radius 3 is 2.57 bits per heavy atom. The number of benzene rings is 3. The topological polar surface area (TPSA) is 75.7 Å². The van der Waals surface area contributed by atoms with Crippen LogP contribution in [-0.2, 0) is 16.2 Å². The predicted octanol–water partition coefficient (Wildman–Crippen LogP) is 6.04. The molecule has 6 nitrogen and oxygen atoms in total. The van der Waals surface area contributed by atoms with E-state index in [9.17, 15) is 18.8 Å². The van der Waals surface area contributed by atoms with Crippen LogP contribution >= 0.6 is 23.4 Å². The van der Waals surface area contributed by atoms with Gasteiger partial charge in [0.05, 0.1) is 9.93 Å². The van der Waals surface area contributed by atoms with Gasteiger partial charge in [0, 0.05) is 11.3 Å². The lowest BCUT2D eigenvalue weighted by Gasteiger charge is -2.12. The highest BCUT2D eigenvalue weighted by Gasteiger charge is 2.36. The molecular formula is C26H20ClFN2O4S. The van der Waals surface area contributed by atoms with Crippen molar-refractivity contribution in [1.82, 2.24) is 4.90 Å². The molecule has 1 aliphatic rings. The fourth-order valence-electron chi connectivity index (χ4n) is 3.34. The van der Waals surface area contributed by atoms with Crippen molar-refractivity contribution in [2.75, 3.05) is 11.9 Å². The molecule has 1 fully saturated rings. The number of halogens is 2. The summed E-state index contributed by atoms with van der Waals surface area (Å²) in [5, 5.41) is 2.46. The molecule has 1 heterocycles. The highest BCUT2D eigenvalue weighted by molar-refractivity contribution is 8.18. The molecule has 0 radical (unpaired) electrons. The van der Waals surface area contributed by atoms with Gasteiger partial charge in [0.25, 0.3) is 11.1 Å². The largest absolute Gasteiger partial charge is 0.489 e. The van der Waals surface area contributed by atoms with Gasteiger partial charge in [-0.3, -0.25) is 19.3 Å². The molecule has 0 bridgehead atoms. The van der Waals surface area contributed by atoms with Crippen molar-refractivity contribution in [1.29, 1.82) is 0 Å². The van der Waals surface area contributed by atoms with Gasteiger partial charge >= 0.3 is 0 Å².